The average Bonchev–Trinajstić information content (AvgIpc) is 3.35. The van der Waals surface area contributed by atoms with E-state index in [9.17, 15) is 4.79 Å². The summed E-state index contributed by atoms with van der Waals surface area (Å²) in [6.07, 6.45) is 3.20. The van der Waals surface area contributed by atoms with Crippen molar-refractivity contribution in [3.63, 3.8) is 0 Å². The lowest BCUT2D eigenvalue weighted by Gasteiger charge is -2.16. The molecule has 0 spiro atoms. The largest absolute Gasteiger partial charge is 0.346 e. The van der Waals surface area contributed by atoms with Gasteiger partial charge < -0.3 is 10.3 Å². The van der Waals surface area contributed by atoms with Crippen molar-refractivity contribution in [2.24, 2.45) is 0 Å². The Kier molecular flexibility index (Phi) is 6.73. The molecule has 1 atom stereocenters. The number of para-hydroxylation sites is 2. The van der Waals surface area contributed by atoms with Crippen LogP contribution in [0, 0.1) is 13.8 Å². The van der Waals surface area contributed by atoms with Crippen LogP contribution in [0.2, 0.25) is 0 Å². The highest BCUT2D eigenvalue weighted by Crippen LogP contribution is 2.29. The number of aromatic nitrogens is 3. The van der Waals surface area contributed by atoms with E-state index in [2.05, 4.69) is 47.7 Å². The maximum absolute atomic E-state index is 13.0. The number of nitrogens with zero attached hydrogens (tertiary/aromatic N) is 2. The normalized spacial score (nSPS) is 12.2. The molecule has 1 unspecified atom stereocenters. The van der Waals surface area contributed by atoms with Crippen LogP contribution in [0.5, 0.6) is 0 Å². The molecule has 2 aromatic carbocycles. The van der Waals surface area contributed by atoms with Crippen LogP contribution >= 0.6 is 23.1 Å². The third kappa shape index (κ3) is 5.17. The number of carbonyl (C=O) groups excluding carboxylic acids is 1. The fourth-order valence-electron chi connectivity index (χ4n) is 3.57. The van der Waals surface area contributed by atoms with Gasteiger partial charge in [0, 0.05) is 10.4 Å². The second-order valence-electron chi connectivity index (χ2n) is 7.59. The minimum atomic E-state index is -0.149. The molecule has 0 radical (unpaired) electrons. The number of fused-ring (bicyclic) bond motifs is 1. The fourth-order valence-corrected chi connectivity index (χ4v) is 5.00. The number of nitrogens with one attached hydrogen (secondary N) is 2. The molecule has 4 rings (SSSR count). The number of thiazole rings is 1. The van der Waals surface area contributed by atoms with Crippen LogP contribution in [-0.2, 0) is 11.2 Å². The molecule has 5 nitrogen and oxygen atoms in total. The third-order valence-corrected chi connectivity index (χ3v) is 6.75. The summed E-state index contributed by atoms with van der Waals surface area (Å²) in [5, 5.41) is 4.17. The van der Waals surface area contributed by atoms with E-state index in [0.29, 0.717) is 6.42 Å². The van der Waals surface area contributed by atoms with Crippen LogP contribution in [0.1, 0.15) is 33.7 Å². The second-order valence-corrected chi connectivity index (χ2v) is 9.86. The zero-order valence-electron chi connectivity index (χ0n) is 17.9. The van der Waals surface area contributed by atoms with Crippen LogP contribution in [0.15, 0.2) is 48.5 Å². The van der Waals surface area contributed by atoms with Crippen molar-refractivity contribution in [2.45, 2.75) is 32.7 Å². The van der Waals surface area contributed by atoms with E-state index in [4.69, 9.17) is 9.97 Å². The first-order valence-electron chi connectivity index (χ1n) is 10.3. The van der Waals surface area contributed by atoms with Crippen molar-refractivity contribution in [2.75, 3.05) is 12.0 Å². The Bertz CT molecular complexity index is 1150. The SMILES string of the molecule is CSCCC(NC(=O)Cc1sc(C)nc1-c1ccc(C)cc1)c1nc2ccccc2[nH]1. The number of aromatic amines is 1. The number of imidazole rings is 1. The highest BCUT2D eigenvalue weighted by Gasteiger charge is 2.21. The van der Waals surface area contributed by atoms with Crippen molar-refractivity contribution < 1.29 is 4.79 Å². The quantitative estimate of drug-likeness (QED) is 0.374. The molecule has 0 aliphatic carbocycles. The molecule has 0 aliphatic rings. The predicted octanol–water partition coefficient (Wildman–Crippen LogP) is 5.46. The first kappa shape index (κ1) is 21.6. The summed E-state index contributed by atoms with van der Waals surface area (Å²) in [4.78, 5) is 26.8. The highest BCUT2D eigenvalue weighted by atomic mass is 32.2. The molecule has 1 amide bonds. The van der Waals surface area contributed by atoms with Crippen molar-refractivity contribution >= 4 is 40.0 Å². The predicted molar refractivity (Wildman–Crippen MR) is 131 cm³/mol. The zero-order valence-corrected chi connectivity index (χ0v) is 19.6. The van der Waals surface area contributed by atoms with E-state index in [0.717, 1.165) is 50.2 Å². The van der Waals surface area contributed by atoms with Gasteiger partial charge in [-0.3, -0.25) is 4.79 Å². The number of thioether (sulfide) groups is 1. The van der Waals surface area contributed by atoms with Crippen molar-refractivity contribution in [1.82, 2.24) is 20.3 Å². The summed E-state index contributed by atoms with van der Waals surface area (Å²) in [7, 11) is 0. The topological polar surface area (TPSA) is 70.7 Å². The Labute approximate surface area is 190 Å². The minimum Gasteiger partial charge on any atom is -0.346 e. The van der Waals surface area contributed by atoms with Gasteiger partial charge in [0.1, 0.15) is 5.82 Å². The highest BCUT2D eigenvalue weighted by molar-refractivity contribution is 7.98. The molecule has 0 bridgehead atoms. The molecular formula is C24H26N4OS2. The standard InChI is InChI=1S/C24H26N4OS2/c1-15-8-10-17(11-9-15)23-21(31-16(2)25-23)14-22(29)26-20(12-13-30-3)24-27-18-6-4-5-7-19(18)28-24/h4-11,20H,12-14H2,1-3H3,(H,26,29)(H,27,28). The smallest absolute Gasteiger partial charge is 0.225 e. The molecule has 2 aromatic heterocycles. The van der Waals surface area contributed by atoms with Gasteiger partial charge in [-0.25, -0.2) is 9.97 Å². The van der Waals surface area contributed by atoms with Crippen LogP contribution in [-0.4, -0.2) is 32.9 Å². The summed E-state index contributed by atoms with van der Waals surface area (Å²) in [5.41, 5.74) is 5.06. The number of rotatable bonds is 8. The summed E-state index contributed by atoms with van der Waals surface area (Å²) in [5.74, 6) is 1.74. The van der Waals surface area contributed by atoms with E-state index in [-0.39, 0.29) is 11.9 Å². The molecule has 160 valence electrons. The first-order chi connectivity index (χ1) is 15.0. The molecular weight excluding hydrogens is 424 g/mol. The van der Waals surface area contributed by atoms with Gasteiger partial charge in [-0.15, -0.1) is 11.3 Å². The monoisotopic (exact) mass is 450 g/mol. The van der Waals surface area contributed by atoms with E-state index >= 15 is 0 Å². The van der Waals surface area contributed by atoms with Gasteiger partial charge in [-0.1, -0.05) is 42.0 Å². The van der Waals surface area contributed by atoms with Gasteiger partial charge in [0.25, 0.3) is 0 Å². The molecule has 31 heavy (non-hydrogen) atoms. The van der Waals surface area contributed by atoms with Gasteiger partial charge in [0.2, 0.25) is 5.91 Å². The van der Waals surface area contributed by atoms with Gasteiger partial charge >= 0.3 is 0 Å². The Balaban J connectivity index is 1.54. The summed E-state index contributed by atoms with van der Waals surface area (Å²) >= 11 is 3.35. The number of hydrogen-bond donors (Lipinski definition) is 2. The maximum atomic E-state index is 13.0. The third-order valence-electron chi connectivity index (χ3n) is 5.13. The number of aryl methyl sites for hydroxylation is 2. The van der Waals surface area contributed by atoms with E-state index < -0.39 is 0 Å². The molecule has 0 aliphatic heterocycles. The number of amides is 1. The van der Waals surface area contributed by atoms with Gasteiger partial charge in [0.05, 0.1) is 34.2 Å². The Morgan fingerprint density at radius 1 is 1.13 bits per heavy atom. The molecule has 0 saturated heterocycles. The van der Waals surface area contributed by atoms with Crippen LogP contribution < -0.4 is 5.32 Å². The Hall–Kier alpha value is -2.64. The maximum Gasteiger partial charge on any atom is 0.225 e. The number of carbonyl (C=O) groups is 1. The molecule has 0 saturated carbocycles. The second kappa shape index (κ2) is 9.66. The average molecular weight is 451 g/mol. The first-order valence-corrected chi connectivity index (χ1v) is 12.5. The number of H-pyrrole nitrogens is 1. The van der Waals surface area contributed by atoms with E-state index in [1.807, 2.05) is 31.2 Å². The van der Waals surface area contributed by atoms with E-state index in [1.165, 1.54) is 5.56 Å². The zero-order chi connectivity index (χ0) is 21.8. The van der Waals surface area contributed by atoms with Gasteiger partial charge in [-0.05, 0) is 44.4 Å². The summed E-state index contributed by atoms with van der Waals surface area (Å²) in [6.45, 7) is 4.05. The number of hydrogen-bond acceptors (Lipinski definition) is 5. The lowest BCUT2D eigenvalue weighted by atomic mass is 10.1. The van der Waals surface area contributed by atoms with Crippen LogP contribution in [0.25, 0.3) is 22.3 Å². The lowest BCUT2D eigenvalue weighted by Crippen LogP contribution is -2.31. The summed E-state index contributed by atoms with van der Waals surface area (Å²) < 4.78 is 0. The van der Waals surface area contributed by atoms with Crippen LogP contribution in [0.3, 0.4) is 0 Å². The van der Waals surface area contributed by atoms with Crippen LogP contribution in [0.4, 0.5) is 0 Å². The van der Waals surface area contributed by atoms with E-state index in [1.54, 1.807) is 23.1 Å². The molecule has 7 heteroatoms. The molecule has 4 aromatic rings. The Morgan fingerprint density at radius 2 is 1.90 bits per heavy atom. The van der Waals surface area contributed by atoms with Crippen molar-refractivity contribution in [3.8, 4) is 11.3 Å². The molecule has 2 heterocycles. The van der Waals surface area contributed by atoms with Gasteiger partial charge in [-0.2, -0.15) is 11.8 Å². The number of benzene rings is 2. The fraction of sp³-hybridized carbons (Fsp3) is 0.292. The summed E-state index contributed by atoms with van der Waals surface area (Å²) in [6, 6.07) is 16.1. The lowest BCUT2D eigenvalue weighted by molar-refractivity contribution is -0.121. The molecule has 0 fully saturated rings. The van der Waals surface area contributed by atoms with Crippen molar-refractivity contribution in [1.29, 1.82) is 0 Å². The Morgan fingerprint density at radius 3 is 2.65 bits per heavy atom. The van der Waals surface area contributed by atoms with Gasteiger partial charge in [0.15, 0.2) is 0 Å². The van der Waals surface area contributed by atoms with Crippen molar-refractivity contribution in [3.05, 3.63) is 69.8 Å². The minimum absolute atomic E-state index is 0.0106. The molecule has 2 N–H and O–H groups in total.